The fourth-order valence-corrected chi connectivity index (χ4v) is 3.82. The summed E-state index contributed by atoms with van der Waals surface area (Å²) in [5.74, 6) is 0.589. The first-order valence-corrected chi connectivity index (χ1v) is 9.49. The van der Waals surface area contributed by atoms with Gasteiger partial charge in [0, 0.05) is 18.7 Å². The first-order valence-electron chi connectivity index (χ1n) is 9.49. The van der Waals surface area contributed by atoms with Crippen molar-refractivity contribution in [2.75, 3.05) is 19.5 Å². The van der Waals surface area contributed by atoms with Crippen LogP contribution < -0.4 is 15.4 Å². The average Bonchev–Trinajstić information content (AvgIpc) is 3.50. The van der Waals surface area contributed by atoms with Gasteiger partial charge in [-0.05, 0) is 54.7 Å². The van der Waals surface area contributed by atoms with Crippen LogP contribution in [0.5, 0.6) is 5.75 Å². The molecule has 1 aliphatic heterocycles. The predicted octanol–water partition coefficient (Wildman–Crippen LogP) is 2.83. The van der Waals surface area contributed by atoms with E-state index in [0.717, 1.165) is 22.6 Å². The van der Waals surface area contributed by atoms with E-state index in [0.29, 0.717) is 11.3 Å². The lowest BCUT2D eigenvalue weighted by molar-refractivity contribution is -0.130. The Kier molecular flexibility index (Phi) is 4.53. The first kappa shape index (κ1) is 19.0. The number of methoxy groups -OCH3 is 1. The highest BCUT2D eigenvalue weighted by molar-refractivity contribution is 6.07. The molecule has 2 aromatic rings. The maximum absolute atomic E-state index is 12.6. The Morgan fingerprint density at radius 3 is 2.55 bits per heavy atom. The van der Waals surface area contributed by atoms with Gasteiger partial charge < -0.3 is 15.4 Å². The van der Waals surface area contributed by atoms with Crippen molar-refractivity contribution in [1.82, 2.24) is 10.2 Å². The van der Waals surface area contributed by atoms with E-state index in [1.165, 1.54) is 7.05 Å². The third-order valence-corrected chi connectivity index (χ3v) is 5.77. The summed E-state index contributed by atoms with van der Waals surface area (Å²) in [6.07, 6.45) is 0.808. The summed E-state index contributed by atoms with van der Waals surface area (Å²) >= 11 is 0. The highest BCUT2D eigenvalue weighted by Crippen LogP contribution is 2.48. The van der Waals surface area contributed by atoms with E-state index in [9.17, 15) is 14.4 Å². The number of carbonyl (C=O) groups excluding carboxylic acids is 3. The molecule has 7 nitrogen and oxygen atoms in total. The number of hydrogen-bond acceptors (Lipinski definition) is 4. The summed E-state index contributed by atoms with van der Waals surface area (Å²) < 4.78 is 5.25. The second-order valence-corrected chi connectivity index (χ2v) is 7.71. The molecule has 2 N–H and O–H groups in total. The molecule has 4 rings (SSSR count). The van der Waals surface area contributed by atoms with E-state index in [-0.39, 0.29) is 23.7 Å². The molecule has 2 fully saturated rings. The van der Waals surface area contributed by atoms with Gasteiger partial charge in [0.2, 0.25) is 5.91 Å². The Bertz CT molecular complexity index is 988. The Labute approximate surface area is 169 Å². The van der Waals surface area contributed by atoms with Crippen molar-refractivity contribution in [2.24, 2.45) is 5.92 Å². The van der Waals surface area contributed by atoms with Crippen LogP contribution in [0.15, 0.2) is 48.5 Å². The maximum Gasteiger partial charge on any atom is 0.325 e. The van der Waals surface area contributed by atoms with Gasteiger partial charge in [-0.3, -0.25) is 14.5 Å². The van der Waals surface area contributed by atoms with Gasteiger partial charge in [-0.1, -0.05) is 24.3 Å². The van der Waals surface area contributed by atoms with Crippen LogP contribution in [0.1, 0.15) is 30.4 Å². The molecular weight excluding hydrogens is 370 g/mol. The van der Waals surface area contributed by atoms with Crippen molar-refractivity contribution < 1.29 is 19.1 Å². The van der Waals surface area contributed by atoms with Gasteiger partial charge in [0.05, 0.1) is 7.11 Å². The van der Waals surface area contributed by atoms with Crippen molar-refractivity contribution in [1.29, 1.82) is 0 Å². The number of imide groups is 1. The number of benzene rings is 2. The van der Waals surface area contributed by atoms with Gasteiger partial charge in [-0.15, -0.1) is 0 Å². The molecule has 0 aromatic heterocycles. The second-order valence-electron chi connectivity index (χ2n) is 7.71. The summed E-state index contributed by atoms with van der Waals surface area (Å²) in [5.41, 5.74) is 1.33. The fraction of sp³-hybridized carbons (Fsp3) is 0.318. The Balaban J connectivity index is 1.41. The summed E-state index contributed by atoms with van der Waals surface area (Å²) in [6, 6.07) is 14.4. The number of hydrogen-bond donors (Lipinski definition) is 2. The van der Waals surface area contributed by atoms with E-state index in [1.54, 1.807) is 38.3 Å². The second kappa shape index (κ2) is 6.92. The monoisotopic (exact) mass is 393 g/mol. The molecule has 0 spiro atoms. The van der Waals surface area contributed by atoms with Crippen LogP contribution in [0.25, 0.3) is 0 Å². The highest BCUT2D eigenvalue weighted by Gasteiger charge is 2.47. The zero-order valence-electron chi connectivity index (χ0n) is 16.6. The smallest absolute Gasteiger partial charge is 0.325 e. The Hall–Kier alpha value is -3.35. The molecule has 1 aliphatic carbocycles. The van der Waals surface area contributed by atoms with Gasteiger partial charge in [-0.25, -0.2) is 4.79 Å². The number of anilines is 1. The number of nitrogens with zero attached hydrogens (tertiary/aromatic N) is 1. The largest absolute Gasteiger partial charge is 0.497 e. The van der Waals surface area contributed by atoms with Crippen molar-refractivity contribution in [3.05, 3.63) is 59.7 Å². The molecule has 2 aromatic carbocycles. The average molecular weight is 393 g/mol. The number of ether oxygens (including phenoxy) is 1. The summed E-state index contributed by atoms with van der Waals surface area (Å²) in [5, 5.41) is 5.65. The van der Waals surface area contributed by atoms with Crippen LogP contribution in [0, 0.1) is 5.92 Å². The van der Waals surface area contributed by atoms with Crippen LogP contribution in [0.3, 0.4) is 0 Å². The molecule has 1 saturated carbocycles. The molecule has 1 unspecified atom stereocenters. The van der Waals surface area contributed by atoms with E-state index in [1.807, 2.05) is 24.3 Å². The number of carbonyl (C=O) groups is 3. The molecule has 7 heteroatoms. The van der Waals surface area contributed by atoms with Crippen molar-refractivity contribution in [3.63, 3.8) is 0 Å². The van der Waals surface area contributed by atoms with Gasteiger partial charge in [0.25, 0.3) is 5.91 Å². The zero-order chi connectivity index (χ0) is 20.8. The number of nitrogens with one attached hydrogen (secondary N) is 2. The summed E-state index contributed by atoms with van der Waals surface area (Å²) in [6.45, 7) is 1.67. The van der Waals surface area contributed by atoms with Crippen LogP contribution >= 0.6 is 0 Å². The molecule has 1 heterocycles. The SMILES string of the molecule is COc1cccc([C@@H]2C[C@H]2C(=O)Nc2ccc(C3(C)NC(=O)N(C)C3=O)cc2)c1. The topological polar surface area (TPSA) is 87.7 Å². The number of likely N-dealkylation sites (N-methyl/N-ethyl adjacent to an activating group) is 1. The minimum Gasteiger partial charge on any atom is -0.497 e. The van der Waals surface area contributed by atoms with Crippen molar-refractivity contribution in [3.8, 4) is 5.75 Å². The Morgan fingerprint density at radius 2 is 1.93 bits per heavy atom. The summed E-state index contributed by atoms with van der Waals surface area (Å²) in [4.78, 5) is 37.8. The number of rotatable bonds is 5. The predicted molar refractivity (Wildman–Crippen MR) is 108 cm³/mol. The van der Waals surface area contributed by atoms with Crippen molar-refractivity contribution in [2.45, 2.75) is 24.8 Å². The normalized spacial score (nSPS) is 25.6. The quantitative estimate of drug-likeness (QED) is 0.765. The number of amides is 4. The third-order valence-electron chi connectivity index (χ3n) is 5.77. The van der Waals surface area contributed by atoms with Gasteiger partial charge >= 0.3 is 6.03 Å². The maximum atomic E-state index is 12.6. The Morgan fingerprint density at radius 1 is 1.21 bits per heavy atom. The van der Waals surface area contributed by atoms with Gasteiger partial charge in [0.1, 0.15) is 11.3 Å². The molecule has 2 aliphatic rings. The standard InChI is InChI=1S/C22H23N3O4/c1-22(20(27)25(2)21(28)24-22)14-7-9-15(10-8-14)23-19(26)18-12-17(18)13-5-4-6-16(11-13)29-3/h4-11,17-18H,12H2,1-3H3,(H,23,26)(H,24,28)/t17-,18+,22?/m0/s1. The van der Waals surface area contributed by atoms with Crippen LogP contribution in [0.4, 0.5) is 10.5 Å². The lowest BCUT2D eigenvalue weighted by atomic mass is 9.92. The number of urea groups is 1. The van der Waals surface area contributed by atoms with E-state index in [4.69, 9.17) is 4.74 Å². The first-order chi connectivity index (χ1) is 13.8. The minimum absolute atomic E-state index is 0.0261. The van der Waals surface area contributed by atoms with Crippen LogP contribution in [0.2, 0.25) is 0 Å². The van der Waals surface area contributed by atoms with Crippen LogP contribution in [-0.2, 0) is 15.1 Å². The van der Waals surface area contributed by atoms with E-state index >= 15 is 0 Å². The molecular formula is C22H23N3O4. The molecule has 3 atom stereocenters. The molecule has 150 valence electrons. The van der Waals surface area contributed by atoms with E-state index in [2.05, 4.69) is 10.6 Å². The molecule has 29 heavy (non-hydrogen) atoms. The minimum atomic E-state index is -1.09. The molecule has 0 radical (unpaired) electrons. The third kappa shape index (κ3) is 3.33. The lowest BCUT2D eigenvalue weighted by Gasteiger charge is -2.22. The molecule has 1 saturated heterocycles. The molecule has 4 amide bonds. The fourth-order valence-electron chi connectivity index (χ4n) is 3.82. The van der Waals surface area contributed by atoms with E-state index < -0.39 is 11.6 Å². The van der Waals surface area contributed by atoms with Crippen LogP contribution in [-0.4, -0.2) is 36.9 Å². The highest BCUT2D eigenvalue weighted by atomic mass is 16.5. The zero-order valence-corrected chi connectivity index (χ0v) is 16.6. The van der Waals surface area contributed by atoms with Crippen molar-refractivity contribution >= 4 is 23.5 Å². The van der Waals surface area contributed by atoms with Gasteiger partial charge in [0.15, 0.2) is 0 Å². The summed E-state index contributed by atoms with van der Waals surface area (Å²) in [7, 11) is 3.08. The lowest BCUT2D eigenvalue weighted by Crippen LogP contribution is -2.40. The van der Waals surface area contributed by atoms with Gasteiger partial charge in [-0.2, -0.15) is 0 Å². The molecule has 0 bridgehead atoms.